The number of halogens is 4. The minimum absolute atomic E-state index is 0.208. The first-order valence-electron chi connectivity index (χ1n) is 13.1. The van der Waals surface area contributed by atoms with Crippen LogP contribution in [0.5, 0.6) is 11.5 Å². The number of unbranched alkanes of at least 4 members (excludes halogenated alkanes) is 1. The van der Waals surface area contributed by atoms with Crippen molar-refractivity contribution in [3.63, 3.8) is 0 Å². The van der Waals surface area contributed by atoms with Crippen molar-refractivity contribution < 1.29 is 18.3 Å². The SMILES string of the molecule is CCCCOc1ccc(-c2c(F)cc(C#N)cc2Cl)cc1.CCCOc1ccc(-c2c(F)cc(C#N)cc2Cl)cc1. The summed E-state index contributed by atoms with van der Waals surface area (Å²) in [7, 11) is 0. The molecule has 0 spiro atoms. The van der Waals surface area contributed by atoms with Crippen molar-refractivity contribution in [1.82, 2.24) is 0 Å². The van der Waals surface area contributed by atoms with E-state index in [1.165, 1.54) is 24.3 Å². The normalized spacial score (nSPS) is 10.1. The Labute approximate surface area is 249 Å². The van der Waals surface area contributed by atoms with Crippen molar-refractivity contribution >= 4 is 23.2 Å². The highest BCUT2D eigenvalue weighted by Crippen LogP contribution is 2.34. The smallest absolute Gasteiger partial charge is 0.133 e. The summed E-state index contributed by atoms with van der Waals surface area (Å²) in [5.41, 5.74) is 2.33. The van der Waals surface area contributed by atoms with Crippen molar-refractivity contribution in [3.05, 3.63) is 106 Å². The van der Waals surface area contributed by atoms with Crippen molar-refractivity contribution in [1.29, 1.82) is 10.5 Å². The van der Waals surface area contributed by atoms with E-state index in [0.717, 1.165) is 30.8 Å². The molecule has 0 aliphatic carbocycles. The van der Waals surface area contributed by atoms with Gasteiger partial charge >= 0.3 is 0 Å². The Morgan fingerprint density at radius 3 is 1.39 bits per heavy atom. The lowest BCUT2D eigenvalue weighted by Gasteiger charge is -2.09. The van der Waals surface area contributed by atoms with E-state index in [9.17, 15) is 8.78 Å². The second-order valence-electron chi connectivity index (χ2n) is 8.95. The second kappa shape index (κ2) is 15.6. The molecule has 0 fully saturated rings. The average Bonchev–Trinajstić information content (AvgIpc) is 2.97. The quantitative estimate of drug-likeness (QED) is 0.181. The van der Waals surface area contributed by atoms with Gasteiger partial charge in [-0.15, -0.1) is 0 Å². The first-order valence-corrected chi connectivity index (χ1v) is 13.8. The molecule has 4 aromatic carbocycles. The summed E-state index contributed by atoms with van der Waals surface area (Å²) in [5, 5.41) is 18.0. The molecule has 8 heteroatoms. The highest BCUT2D eigenvalue weighted by atomic mass is 35.5. The van der Waals surface area contributed by atoms with Crippen LogP contribution in [0.3, 0.4) is 0 Å². The van der Waals surface area contributed by atoms with Gasteiger partial charge in [0.25, 0.3) is 0 Å². The zero-order chi connectivity index (χ0) is 29.8. The van der Waals surface area contributed by atoms with E-state index < -0.39 is 11.6 Å². The Balaban J connectivity index is 0.000000226. The number of hydrogen-bond acceptors (Lipinski definition) is 4. The number of hydrogen-bond donors (Lipinski definition) is 0. The second-order valence-corrected chi connectivity index (χ2v) is 9.77. The maximum absolute atomic E-state index is 14.1. The molecule has 0 aliphatic rings. The Morgan fingerprint density at radius 1 is 0.634 bits per heavy atom. The van der Waals surface area contributed by atoms with Crippen LogP contribution in [0.1, 0.15) is 44.2 Å². The largest absolute Gasteiger partial charge is 0.494 e. The topological polar surface area (TPSA) is 66.0 Å². The molecule has 0 saturated heterocycles. The lowest BCUT2D eigenvalue weighted by molar-refractivity contribution is 0.309. The van der Waals surface area contributed by atoms with Gasteiger partial charge < -0.3 is 9.47 Å². The minimum Gasteiger partial charge on any atom is -0.494 e. The third kappa shape index (κ3) is 8.69. The van der Waals surface area contributed by atoms with Crippen LogP contribution in [0, 0.1) is 34.3 Å². The fourth-order valence-electron chi connectivity index (χ4n) is 3.82. The van der Waals surface area contributed by atoms with Crippen LogP contribution in [0.15, 0.2) is 72.8 Å². The predicted octanol–water partition coefficient (Wildman–Crippen LogP) is 10.0. The van der Waals surface area contributed by atoms with Gasteiger partial charge in [0, 0.05) is 11.1 Å². The van der Waals surface area contributed by atoms with Crippen LogP contribution in [0.2, 0.25) is 10.0 Å². The molecule has 0 bridgehead atoms. The van der Waals surface area contributed by atoms with Crippen LogP contribution >= 0.6 is 23.2 Å². The number of benzene rings is 4. The highest BCUT2D eigenvalue weighted by molar-refractivity contribution is 6.33. The van der Waals surface area contributed by atoms with Crippen LogP contribution in [0.4, 0.5) is 8.78 Å². The molecule has 4 rings (SSSR count). The fraction of sp³-hybridized carbons (Fsp3) is 0.212. The molecule has 0 radical (unpaired) electrons. The van der Waals surface area contributed by atoms with Gasteiger partial charge in [0.15, 0.2) is 0 Å². The van der Waals surface area contributed by atoms with Gasteiger partial charge in [0.1, 0.15) is 23.1 Å². The molecule has 4 aromatic rings. The zero-order valence-electron chi connectivity index (χ0n) is 22.7. The van der Waals surface area contributed by atoms with E-state index in [0.29, 0.717) is 35.5 Å². The first-order chi connectivity index (χ1) is 19.8. The fourth-order valence-corrected chi connectivity index (χ4v) is 4.45. The van der Waals surface area contributed by atoms with Gasteiger partial charge in [-0.2, -0.15) is 10.5 Å². The predicted molar refractivity (Wildman–Crippen MR) is 159 cm³/mol. The van der Waals surface area contributed by atoms with Crippen molar-refractivity contribution in [2.75, 3.05) is 13.2 Å². The van der Waals surface area contributed by atoms with Crippen LogP contribution in [-0.4, -0.2) is 13.2 Å². The standard InChI is InChI=1S/C17H15ClFNO.C16H13ClFNO/c1-2-3-8-21-14-6-4-13(5-7-14)17-15(18)9-12(11-20)10-16(17)19;1-2-7-20-13-5-3-12(4-6-13)16-14(17)8-11(10-19)9-15(16)18/h4-7,9-10H,2-3,8H2,1H3;3-6,8-9H,2,7H2,1H3. The molecule has 0 amide bonds. The van der Waals surface area contributed by atoms with E-state index in [2.05, 4.69) is 6.92 Å². The highest BCUT2D eigenvalue weighted by Gasteiger charge is 2.13. The van der Waals surface area contributed by atoms with Crippen LogP contribution in [0.25, 0.3) is 22.3 Å². The van der Waals surface area contributed by atoms with Crippen molar-refractivity contribution in [3.8, 4) is 45.9 Å². The minimum atomic E-state index is -0.503. The summed E-state index contributed by atoms with van der Waals surface area (Å²) in [6.45, 7) is 5.44. The summed E-state index contributed by atoms with van der Waals surface area (Å²) in [6, 6.07) is 23.2. The number of nitrogens with zero attached hydrogens (tertiary/aromatic N) is 2. The Bertz CT molecular complexity index is 1500. The van der Waals surface area contributed by atoms with E-state index >= 15 is 0 Å². The van der Waals surface area contributed by atoms with E-state index in [1.54, 1.807) is 48.5 Å². The summed E-state index contributed by atoms with van der Waals surface area (Å²) < 4.78 is 39.1. The Kier molecular flexibility index (Phi) is 12.0. The molecule has 0 saturated carbocycles. The third-order valence-electron chi connectivity index (χ3n) is 5.87. The molecule has 0 atom stereocenters. The molecule has 4 nitrogen and oxygen atoms in total. The zero-order valence-corrected chi connectivity index (χ0v) is 24.2. The van der Waals surface area contributed by atoms with Gasteiger partial charge in [-0.05, 0) is 72.5 Å². The molecule has 0 unspecified atom stereocenters. The van der Waals surface area contributed by atoms with Gasteiger partial charge in [0.05, 0.1) is 46.5 Å². The third-order valence-corrected chi connectivity index (χ3v) is 6.46. The lowest BCUT2D eigenvalue weighted by Crippen LogP contribution is -1.96. The van der Waals surface area contributed by atoms with Crippen molar-refractivity contribution in [2.24, 2.45) is 0 Å². The van der Waals surface area contributed by atoms with E-state index in [1.807, 2.05) is 19.1 Å². The molecular formula is C33H28Cl2F2N2O2. The lowest BCUT2D eigenvalue weighted by atomic mass is 10.0. The number of nitriles is 2. The summed E-state index contributed by atoms with van der Waals surface area (Å²) in [5.74, 6) is 0.480. The van der Waals surface area contributed by atoms with Gasteiger partial charge in [-0.3, -0.25) is 0 Å². The summed E-state index contributed by atoms with van der Waals surface area (Å²) >= 11 is 12.1. The Hall–Kier alpha value is -4.10. The maximum Gasteiger partial charge on any atom is 0.133 e. The van der Waals surface area contributed by atoms with Crippen molar-refractivity contribution in [2.45, 2.75) is 33.1 Å². The Morgan fingerprint density at radius 2 is 1.05 bits per heavy atom. The van der Waals surface area contributed by atoms with E-state index in [4.69, 9.17) is 43.2 Å². The number of ether oxygens (including phenoxy) is 2. The molecule has 0 N–H and O–H groups in total. The first kappa shape index (κ1) is 31.4. The molecule has 0 heterocycles. The molecule has 210 valence electrons. The molecule has 0 aromatic heterocycles. The molecule has 0 aliphatic heterocycles. The summed E-state index contributed by atoms with van der Waals surface area (Å²) in [4.78, 5) is 0. The van der Waals surface area contributed by atoms with Crippen LogP contribution in [-0.2, 0) is 0 Å². The van der Waals surface area contributed by atoms with E-state index in [-0.39, 0.29) is 21.2 Å². The molecule has 41 heavy (non-hydrogen) atoms. The monoisotopic (exact) mass is 592 g/mol. The average molecular weight is 594 g/mol. The van der Waals surface area contributed by atoms with Gasteiger partial charge in [-0.1, -0.05) is 67.7 Å². The number of rotatable bonds is 9. The van der Waals surface area contributed by atoms with Gasteiger partial charge in [-0.25, -0.2) is 8.78 Å². The van der Waals surface area contributed by atoms with Gasteiger partial charge in [0.2, 0.25) is 0 Å². The molecular weight excluding hydrogens is 565 g/mol. The summed E-state index contributed by atoms with van der Waals surface area (Å²) in [6.07, 6.45) is 3.00. The van der Waals surface area contributed by atoms with Crippen LogP contribution < -0.4 is 9.47 Å². The maximum atomic E-state index is 14.1.